The normalized spacial score (nSPS) is 21.0. The molecular weight excluding hydrogens is 480 g/mol. The summed E-state index contributed by atoms with van der Waals surface area (Å²) in [6.07, 6.45) is 2.37. The van der Waals surface area contributed by atoms with Crippen molar-refractivity contribution in [3.63, 3.8) is 0 Å². The maximum absolute atomic E-state index is 13.5. The zero-order chi connectivity index (χ0) is 22.7. The van der Waals surface area contributed by atoms with Crippen molar-refractivity contribution in [2.75, 3.05) is 32.8 Å². The van der Waals surface area contributed by atoms with Crippen molar-refractivity contribution < 1.29 is 13.9 Å². The third kappa shape index (κ3) is 3.54. The lowest BCUT2D eigenvalue weighted by Crippen LogP contribution is -2.58. The number of likely N-dealkylation sites (tertiary alicyclic amines) is 1. The van der Waals surface area contributed by atoms with E-state index in [9.17, 15) is 4.79 Å². The van der Waals surface area contributed by atoms with Gasteiger partial charge in [-0.05, 0) is 87.7 Å². The van der Waals surface area contributed by atoms with Gasteiger partial charge in [0.25, 0.3) is 0 Å². The number of rotatable bonds is 4. The number of ether oxygens (including phenoxy) is 1. The van der Waals surface area contributed by atoms with E-state index in [0.717, 1.165) is 76.9 Å². The fraction of sp³-hybridized carbons (Fsp3) is 0.444. The molecule has 0 amide bonds. The van der Waals surface area contributed by atoms with Crippen molar-refractivity contribution in [3.05, 3.63) is 63.3 Å². The van der Waals surface area contributed by atoms with Crippen LogP contribution in [-0.2, 0) is 5.41 Å². The SMILES string of the molecule is CC1(C)c2cc(OCC3CCN(C4CNC4)CC3)ccc2C(=O)c2c1oc1cc(Br)ccc21. The third-order valence-electron chi connectivity index (χ3n) is 7.77. The predicted octanol–water partition coefficient (Wildman–Crippen LogP) is 5.13. The lowest BCUT2D eigenvalue weighted by Gasteiger charge is -2.42. The van der Waals surface area contributed by atoms with Gasteiger partial charge >= 0.3 is 0 Å². The topological polar surface area (TPSA) is 54.7 Å². The number of nitrogens with zero attached hydrogens (tertiary/aromatic N) is 1. The number of hydrogen-bond acceptors (Lipinski definition) is 5. The van der Waals surface area contributed by atoms with Gasteiger partial charge in [0.05, 0.1) is 12.2 Å². The van der Waals surface area contributed by atoms with Crippen molar-refractivity contribution >= 4 is 32.7 Å². The summed E-state index contributed by atoms with van der Waals surface area (Å²) in [6.45, 7) is 9.58. The highest BCUT2D eigenvalue weighted by Crippen LogP contribution is 2.46. The van der Waals surface area contributed by atoms with E-state index in [-0.39, 0.29) is 5.78 Å². The van der Waals surface area contributed by atoms with Crippen molar-refractivity contribution in [1.29, 1.82) is 0 Å². The Kier molecular flexibility index (Phi) is 5.16. The molecular formula is C27H29BrN2O3. The Balaban J connectivity index is 1.22. The number of piperidine rings is 1. The van der Waals surface area contributed by atoms with Gasteiger partial charge in [-0.2, -0.15) is 0 Å². The van der Waals surface area contributed by atoms with Crippen molar-refractivity contribution in [3.8, 4) is 5.75 Å². The lowest BCUT2D eigenvalue weighted by molar-refractivity contribution is 0.0823. The molecule has 1 aromatic heterocycles. The minimum atomic E-state index is -0.425. The smallest absolute Gasteiger partial charge is 0.197 e. The van der Waals surface area contributed by atoms with Crippen LogP contribution < -0.4 is 10.1 Å². The number of halogens is 1. The molecule has 2 fully saturated rings. The summed E-state index contributed by atoms with van der Waals surface area (Å²) < 4.78 is 13.5. The molecule has 0 unspecified atom stereocenters. The average molecular weight is 509 g/mol. The highest BCUT2D eigenvalue weighted by Gasteiger charge is 2.41. The standard InChI is InChI=1S/C27H29BrN2O3/c1-27(2)22-12-19(32-15-16-7-9-30(10-8-16)18-13-29-14-18)4-6-20(22)25(31)24-21-5-3-17(28)11-23(21)33-26(24)27/h3-6,11-12,16,18,29H,7-10,13-15H2,1-2H3. The second-order valence-corrected chi connectivity index (χ2v) is 11.1. The van der Waals surface area contributed by atoms with Crippen LogP contribution in [0.15, 0.2) is 45.3 Å². The van der Waals surface area contributed by atoms with E-state index in [1.807, 2.05) is 30.3 Å². The zero-order valence-electron chi connectivity index (χ0n) is 19.1. The third-order valence-corrected chi connectivity index (χ3v) is 8.26. The van der Waals surface area contributed by atoms with E-state index in [0.29, 0.717) is 11.5 Å². The maximum atomic E-state index is 13.5. The quantitative estimate of drug-likeness (QED) is 0.529. The Bertz CT molecular complexity index is 1240. The summed E-state index contributed by atoms with van der Waals surface area (Å²) >= 11 is 3.51. The van der Waals surface area contributed by atoms with Gasteiger partial charge in [0.2, 0.25) is 0 Å². The highest BCUT2D eigenvalue weighted by atomic mass is 79.9. The summed E-state index contributed by atoms with van der Waals surface area (Å²) in [5.41, 5.74) is 2.72. The van der Waals surface area contributed by atoms with Gasteiger partial charge in [-0.1, -0.05) is 15.9 Å². The first-order valence-electron chi connectivity index (χ1n) is 11.9. The molecule has 0 atom stereocenters. The number of carbonyl (C=O) groups is 1. The molecule has 5 nitrogen and oxygen atoms in total. The number of carbonyl (C=O) groups excluding carboxylic acids is 1. The minimum absolute atomic E-state index is 0.0322. The predicted molar refractivity (Wildman–Crippen MR) is 132 cm³/mol. The van der Waals surface area contributed by atoms with Crippen LogP contribution in [0.3, 0.4) is 0 Å². The van der Waals surface area contributed by atoms with Crippen molar-refractivity contribution in [2.24, 2.45) is 5.92 Å². The molecule has 2 saturated heterocycles. The number of furan rings is 1. The van der Waals surface area contributed by atoms with Crippen molar-refractivity contribution in [2.45, 2.75) is 38.1 Å². The first-order chi connectivity index (χ1) is 15.9. The Morgan fingerprint density at radius 1 is 1.15 bits per heavy atom. The minimum Gasteiger partial charge on any atom is -0.493 e. The Morgan fingerprint density at radius 2 is 1.94 bits per heavy atom. The Hall–Kier alpha value is -2.15. The molecule has 33 heavy (non-hydrogen) atoms. The van der Waals surface area contributed by atoms with Crippen molar-refractivity contribution in [1.82, 2.24) is 10.2 Å². The maximum Gasteiger partial charge on any atom is 0.197 e. The number of ketones is 1. The molecule has 2 aromatic carbocycles. The average Bonchev–Trinajstić information content (AvgIpc) is 3.16. The van der Waals surface area contributed by atoms with Gasteiger partial charge in [0.1, 0.15) is 17.1 Å². The summed E-state index contributed by atoms with van der Waals surface area (Å²) in [5, 5.41) is 4.24. The molecule has 2 aliphatic heterocycles. The molecule has 0 saturated carbocycles. The summed E-state index contributed by atoms with van der Waals surface area (Å²) in [6, 6.07) is 12.5. The zero-order valence-corrected chi connectivity index (χ0v) is 20.7. The molecule has 3 aliphatic rings. The fourth-order valence-electron chi connectivity index (χ4n) is 5.55. The molecule has 0 spiro atoms. The summed E-state index contributed by atoms with van der Waals surface area (Å²) in [5.74, 6) is 2.19. The number of fused-ring (bicyclic) bond motifs is 4. The first kappa shape index (κ1) is 21.4. The van der Waals surface area contributed by atoms with E-state index >= 15 is 0 Å². The molecule has 1 aliphatic carbocycles. The van der Waals surface area contributed by atoms with E-state index in [1.54, 1.807) is 0 Å². The van der Waals surface area contributed by atoms with Gasteiger partial charge in [-0.15, -0.1) is 0 Å². The molecule has 0 radical (unpaired) electrons. The number of hydrogen-bond donors (Lipinski definition) is 1. The Labute approximate surface area is 202 Å². The van der Waals surface area contributed by atoms with Crippen LogP contribution in [0, 0.1) is 5.92 Å². The largest absolute Gasteiger partial charge is 0.493 e. The second kappa shape index (κ2) is 7.97. The van der Waals surface area contributed by atoms with Gasteiger partial charge in [0, 0.05) is 40.0 Å². The van der Waals surface area contributed by atoms with E-state index in [4.69, 9.17) is 9.15 Å². The van der Waals surface area contributed by atoms with Gasteiger partial charge in [-0.25, -0.2) is 0 Å². The fourth-order valence-corrected chi connectivity index (χ4v) is 5.89. The first-order valence-corrected chi connectivity index (χ1v) is 12.7. The van der Waals surface area contributed by atoms with Crippen LogP contribution in [0.2, 0.25) is 0 Å². The second-order valence-electron chi connectivity index (χ2n) is 10.2. The van der Waals surface area contributed by atoms with Crippen LogP contribution in [0.4, 0.5) is 0 Å². The van der Waals surface area contributed by atoms with Gasteiger partial charge < -0.3 is 14.5 Å². The summed E-state index contributed by atoms with van der Waals surface area (Å²) in [4.78, 5) is 16.1. The molecule has 172 valence electrons. The molecule has 3 heterocycles. The van der Waals surface area contributed by atoms with Crippen LogP contribution in [0.1, 0.15) is 53.9 Å². The monoisotopic (exact) mass is 508 g/mol. The van der Waals surface area contributed by atoms with E-state index in [2.05, 4.69) is 46.1 Å². The summed E-state index contributed by atoms with van der Waals surface area (Å²) in [7, 11) is 0. The van der Waals surface area contributed by atoms with Crippen LogP contribution >= 0.6 is 15.9 Å². The molecule has 3 aromatic rings. The molecule has 0 bridgehead atoms. The number of nitrogens with one attached hydrogen (secondary N) is 1. The van der Waals surface area contributed by atoms with Crippen LogP contribution in [0.5, 0.6) is 5.75 Å². The van der Waals surface area contributed by atoms with Gasteiger partial charge in [-0.3, -0.25) is 9.69 Å². The Morgan fingerprint density at radius 3 is 2.67 bits per heavy atom. The van der Waals surface area contributed by atoms with Crippen LogP contribution in [0.25, 0.3) is 11.0 Å². The molecule has 6 heteroatoms. The lowest BCUT2D eigenvalue weighted by atomic mass is 9.72. The van der Waals surface area contributed by atoms with E-state index < -0.39 is 5.41 Å². The highest BCUT2D eigenvalue weighted by molar-refractivity contribution is 9.10. The molecule has 6 rings (SSSR count). The van der Waals surface area contributed by atoms with Gasteiger partial charge in [0.15, 0.2) is 5.78 Å². The number of benzene rings is 2. The van der Waals surface area contributed by atoms with E-state index in [1.165, 1.54) is 12.8 Å². The van der Waals surface area contributed by atoms with Crippen LogP contribution in [-0.4, -0.2) is 49.5 Å². The molecule has 1 N–H and O–H groups in total.